The number of hydrogen-bond acceptors (Lipinski definition) is 4. The molecule has 0 aliphatic heterocycles. The first-order chi connectivity index (χ1) is 17.7. The number of halogens is 1. The lowest BCUT2D eigenvalue weighted by Gasteiger charge is -2.19. The fraction of sp³-hybridized carbons (Fsp3) is 0.0714. The van der Waals surface area contributed by atoms with Crippen LogP contribution in [0.4, 0.5) is 16.2 Å². The van der Waals surface area contributed by atoms with Gasteiger partial charge in [-0.2, -0.15) is 0 Å². The van der Waals surface area contributed by atoms with Crippen LogP contribution in [0, 0.1) is 0 Å². The van der Waals surface area contributed by atoms with Crippen LogP contribution >= 0.6 is 11.6 Å². The largest absolute Gasteiger partial charge is 0.324 e. The highest BCUT2D eigenvalue weighted by Crippen LogP contribution is 2.28. The summed E-state index contributed by atoms with van der Waals surface area (Å²) in [5.41, 5.74) is 2.89. The Balaban J connectivity index is 1.52. The van der Waals surface area contributed by atoms with Crippen molar-refractivity contribution in [3.8, 4) is 11.1 Å². The van der Waals surface area contributed by atoms with Gasteiger partial charge in [-0.1, -0.05) is 72.3 Å². The summed E-state index contributed by atoms with van der Waals surface area (Å²) in [6.07, 6.45) is 1.17. The smallest absolute Gasteiger partial charge is 0.320 e. The number of nitrogens with one attached hydrogen (secondary N) is 3. The third-order valence-corrected chi connectivity index (χ3v) is 6.93. The Morgan fingerprint density at radius 3 is 1.95 bits per heavy atom. The van der Waals surface area contributed by atoms with E-state index in [-0.39, 0.29) is 4.90 Å². The number of benzene rings is 4. The molecule has 1 atom stereocenters. The summed E-state index contributed by atoms with van der Waals surface area (Å²) in [7, 11) is -3.41. The monoisotopic (exact) mass is 533 g/mol. The van der Waals surface area contributed by atoms with E-state index in [0.29, 0.717) is 33.1 Å². The Morgan fingerprint density at radius 1 is 0.730 bits per heavy atom. The topological polar surface area (TPSA) is 104 Å². The van der Waals surface area contributed by atoms with E-state index in [0.717, 1.165) is 0 Å². The van der Waals surface area contributed by atoms with Crippen LogP contribution in [0.25, 0.3) is 11.1 Å². The molecule has 3 N–H and O–H groups in total. The van der Waals surface area contributed by atoms with Crippen LogP contribution in [-0.4, -0.2) is 26.6 Å². The molecule has 37 heavy (non-hydrogen) atoms. The number of hydrogen-bond donors (Lipinski definition) is 3. The second-order valence-corrected chi connectivity index (χ2v) is 10.7. The SMILES string of the molecule is CS(=O)(=O)c1ccccc1-c1ccc(NC(=O)C(NC(=O)Nc2ccc(Cl)cc2)c2ccccc2)cc1. The number of carbonyl (C=O) groups excluding carboxylic acids is 2. The van der Waals surface area contributed by atoms with Gasteiger partial charge in [0.2, 0.25) is 0 Å². The highest BCUT2D eigenvalue weighted by atomic mass is 35.5. The molecule has 9 heteroatoms. The molecule has 0 heterocycles. The third kappa shape index (κ3) is 6.75. The summed E-state index contributed by atoms with van der Waals surface area (Å²) >= 11 is 5.90. The van der Waals surface area contributed by atoms with Crippen LogP contribution in [0.15, 0.2) is 108 Å². The standard InChI is InChI=1S/C28H24ClN3O4S/c1-37(35,36)25-10-6-5-9-24(25)19-11-15-22(16-12-19)30-27(33)26(20-7-3-2-4-8-20)32-28(34)31-23-17-13-21(29)14-18-23/h2-18,26H,1H3,(H,30,33)(H2,31,32,34). The molecule has 0 aromatic heterocycles. The molecule has 7 nitrogen and oxygen atoms in total. The first-order valence-corrected chi connectivity index (χ1v) is 13.6. The number of sulfone groups is 1. The average molecular weight is 534 g/mol. The predicted molar refractivity (Wildman–Crippen MR) is 146 cm³/mol. The maximum absolute atomic E-state index is 13.2. The highest BCUT2D eigenvalue weighted by Gasteiger charge is 2.23. The lowest BCUT2D eigenvalue weighted by molar-refractivity contribution is -0.118. The summed E-state index contributed by atoms with van der Waals surface area (Å²) in [5.74, 6) is -0.443. The zero-order valence-electron chi connectivity index (χ0n) is 19.8. The zero-order valence-corrected chi connectivity index (χ0v) is 21.4. The number of rotatable bonds is 7. The van der Waals surface area contributed by atoms with Crippen LogP contribution in [0.1, 0.15) is 11.6 Å². The highest BCUT2D eigenvalue weighted by molar-refractivity contribution is 7.90. The number of amides is 3. The second kappa shape index (κ2) is 11.3. The van der Waals surface area contributed by atoms with Gasteiger partial charge in [-0.3, -0.25) is 4.79 Å². The van der Waals surface area contributed by atoms with E-state index in [2.05, 4.69) is 16.0 Å². The predicted octanol–water partition coefficient (Wildman–Crippen LogP) is 5.91. The molecular weight excluding hydrogens is 510 g/mol. The van der Waals surface area contributed by atoms with Crippen molar-refractivity contribution in [2.24, 2.45) is 0 Å². The van der Waals surface area contributed by atoms with Crippen LogP contribution in [-0.2, 0) is 14.6 Å². The number of anilines is 2. The first-order valence-electron chi connectivity index (χ1n) is 11.3. The molecule has 0 aliphatic rings. The van der Waals surface area contributed by atoms with Crippen LogP contribution in [0.3, 0.4) is 0 Å². The number of urea groups is 1. The lowest BCUT2D eigenvalue weighted by atomic mass is 10.0. The van der Waals surface area contributed by atoms with Crippen molar-refractivity contribution in [1.29, 1.82) is 0 Å². The Hall–Kier alpha value is -4.14. The van der Waals surface area contributed by atoms with E-state index < -0.39 is 27.8 Å². The van der Waals surface area contributed by atoms with Gasteiger partial charge in [0, 0.05) is 28.2 Å². The van der Waals surface area contributed by atoms with Crippen molar-refractivity contribution in [2.45, 2.75) is 10.9 Å². The average Bonchev–Trinajstić information content (AvgIpc) is 2.89. The van der Waals surface area contributed by atoms with Gasteiger partial charge in [0.25, 0.3) is 5.91 Å². The third-order valence-electron chi connectivity index (χ3n) is 5.52. The summed E-state index contributed by atoms with van der Waals surface area (Å²) in [5, 5.41) is 8.77. The molecule has 0 fully saturated rings. The maximum Gasteiger partial charge on any atom is 0.320 e. The maximum atomic E-state index is 13.2. The fourth-order valence-corrected chi connectivity index (χ4v) is 4.79. The van der Waals surface area contributed by atoms with Gasteiger partial charge in [-0.25, -0.2) is 13.2 Å². The van der Waals surface area contributed by atoms with Gasteiger partial charge in [0.15, 0.2) is 9.84 Å². The van der Waals surface area contributed by atoms with Gasteiger partial charge in [0.05, 0.1) is 4.90 Å². The van der Waals surface area contributed by atoms with Gasteiger partial charge in [-0.05, 0) is 53.6 Å². The van der Waals surface area contributed by atoms with Crippen molar-refractivity contribution >= 4 is 44.8 Å². The Morgan fingerprint density at radius 2 is 1.30 bits per heavy atom. The molecule has 4 rings (SSSR count). The Bertz CT molecular complexity index is 1510. The molecule has 0 bridgehead atoms. The Labute approximate surface area is 220 Å². The van der Waals surface area contributed by atoms with E-state index in [9.17, 15) is 18.0 Å². The van der Waals surface area contributed by atoms with E-state index >= 15 is 0 Å². The fourth-order valence-electron chi connectivity index (χ4n) is 3.75. The first kappa shape index (κ1) is 25.9. The summed E-state index contributed by atoms with van der Waals surface area (Å²) in [4.78, 5) is 26.1. The normalized spacial score (nSPS) is 11.8. The van der Waals surface area contributed by atoms with E-state index in [1.165, 1.54) is 6.26 Å². The molecule has 3 amide bonds. The van der Waals surface area contributed by atoms with Gasteiger partial charge < -0.3 is 16.0 Å². The van der Waals surface area contributed by atoms with Crippen molar-refractivity contribution in [2.75, 3.05) is 16.9 Å². The second-order valence-electron chi connectivity index (χ2n) is 8.28. The number of carbonyl (C=O) groups is 2. The van der Waals surface area contributed by atoms with Crippen molar-refractivity contribution in [3.63, 3.8) is 0 Å². The molecule has 4 aromatic carbocycles. The molecule has 0 radical (unpaired) electrons. The minimum absolute atomic E-state index is 0.229. The molecule has 0 spiro atoms. The molecular formula is C28H24ClN3O4S. The van der Waals surface area contributed by atoms with E-state index in [1.807, 2.05) is 6.07 Å². The molecule has 0 aliphatic carbocycles. The molecule has 0 saturated carbocycles. The van der Waals surface area contributed by atoms with Crippen molar-refractivity contribution < 1.29 is 18.0 Å². The summed E-state index contributed by atoms with van der Waals surface area (Å²) in [6, 6.07) is 27.5. The molecule has 0 saturated heterocycles. The Kier molecular flexibility index (Phi) is 7.91. The van der Waals surface area contributed by atoms with Crippen LogP contribution in [0.2, 0.25) is 5.02 Å². The summed E-state index contributed by atoms with van der Waals surface area (Å²) in [6.45, 7) is 0. The minimum atomic E-state index is -3.41. The quantitative estimate of drug-likeness (QED) is 0.274. The zero-order chi connectivity index (χ0) is 26.4. The van der Waals surface area contributed by atoms with E-state index in [1.54, 1.807) is 97.1 Å². The van der Waals surface area contributed by atoms with E-state index in [4.69, 9.17) is 11.6 Å². The van der Waals surface area contributed by atoms with Gasteiger partial charge in [-0.15, -0.1) is 0 Å². The van der Waals surface area contributed by atoms with Gasteiger partial charge >= 0.3 is 6.03 Å². The van der Waals surface area contributed by atoms with Crippen LogP contribution < -0.4 is 16.0 Å². The molecule has 4 aromatic rings. The minimum Gasteiger partial charge on any atom is -0.324 e. The molecule has 1 unspecified atom stereocenters. The van der Waals surface area contributed by atoms with Crippen LogP contribution in [0.5, 0.6) is 0 Å². The van der Waals surface area contributed by atoms with Gasteiger partial charge in [0.1, 0.15) is 6.04 Å². The van der Waals surface area contributed by atoms with Crippen molar-refractivity contribution in [1.82, 2.24) is 5.32 Å². The lowest BCUT2D eigenvalue weighted by Crippen LogP contribution is -2.39. The summed E-state index contributed by atoms with van der Waals surface area (Å²) < 4.78 is 24.3. The molecule has 188 valence electrons. The van der Waals surface area contributed by atoms with Crippen molar-refractivity contribution in [3.05, 3.63) is 114 Å².